The second-order valence-electron chi connectivity index (χ2n) is 6.49. The van der Waals surface area contributed by atoms with Crippen LogP contribution in [0.3, 0.4) is 0 Å². The Morgan fingerprint density at radius 2 is 2.05 bits per heavy atom. The zero-order chi connectivity index (χ0) is 15.0. The van der Waals surface area contributed by atoms with E-state index >= 15 is 0 Å². The van der Waals surface area contributed by atoms with E-state index in [2.05, 4.69) is 34.5 Å². The van der Waals surface area contributed by atoms with Crippen molar-refractivity contribution in [1.29, 1.82) is 0 Å². The maximum Gasteiger partial charge on any atom is 0.241 e. The van der Waals surface area contributed by atoms with Gasteiger partial charge in [0, 0.05) is 10.5 Å². The van der Waals surface area contributed by atoms with E-state index in [0.29, 0.717) is 4.90 Å². The van der Waals surface area contributed by atoms with E-state index < -0.39 is 10.0 Å². The number of hydrogen-bond donors (Lipinski definition) is 1. The van der Waals surface area contributed by atoms with Crippen LogP contribution in [0.2, 0.25) is 0 Å². The normalized spacial score (nSPS) is 22.7. The van der Waals surface area contributed by atoms with Crippen LogP contribution in [0, 0.1) is 12.3 Å². The Morgan fingerprint density at radius 3 is 2.70 bits per heavy atom. The summed E-state index contributed by atoms with van der Waals surface area (Å²) >= 11 is 3.34. The van der Waals surface area contributed by atoms with Gasteiger partial charge in [-0.2, -0.15) is 0 Å². The molecule has 1 aliphatic rings. The van der Waals surface area contributed by atoms with Crippen LogP contribution in [0.5, 0.6) is 0 Å². The van der Waals surface area contributed by atoms with E-state index in [-0.39, 0.29) is 11.5 Å². The molecule has 1 aliphatic carbocycles. The van der Waals surface area contributed by atoms with E-state index in [4.69, 9.17) is 0 Å². The number of halogens is 1. The van der Waals surface area contributed by atoms with Crippen molar-refractivity contribution in [3.63, 3.8) is 0 Å². The average molecular weight is 360 g/mol. The summed E-state index contributed by atoms with van der Waals surface area (Å²) in [6.45, 7) is 6.24. The van der Waals surface area contributed by atoms with E-state index in [1.165, 1.54) is 6.42 Å². The summed E-state index contributed by atoms with van der Waals surface area (Å²) in [4.78, 5) is 0.371. The van der Waals surface area contributed by atoms with Crippen LogP contribution < -0.4 is 4.72 Å². The molecular formula is C15H22BrNO2S. The Bertz CT molecular complexity index is 596. The minimum absolute atomic E-state index is 0.0436. The summed E-state index contributed by atoms with van der Waals surface area (Å²) in [5, 5.41) is 0. The van der Waals surface area contributed by atoms with Crippen LogP contribution in [0.15, 0.2) is 27.6 Å². The first-order valence-corrected chi connectivity index (χ1v) is 9.26. The monoisotopic (exact) mass is 359 g/mol. The molecule has 2 rings (SSSR count). The van der Waals surface area contributed by atoms with Crippen molar-refractivity contribution in [2.75, 3.05) is 0 Å². The van der Waals surface area contributed by atoms with Gasteiger partial charge in [-0.05, 0) is 49.3 Å². The lowest BCUT2D eigenvalue weighted by atomic mass is 9.75. The van der Waals surface area contributed by atoms with Crippen LogP contribution in [0.25, 0.3) is 0 Å². The summed E-state index contributed by atoms with van der Waals surface area (Å²) in [5.41, 5.74) is 0.994. The highest BCUT2D eigenvalue weighted by atomic mass is 79.9. The molecule has 112 valence electrons. The van der Waals surface area contributed by atoms with Crippen molar-refractivity contribution in [2.45, 2.75) is 57.4 Å². The van der Waals surface area contributed by atoms with Gasteiger partial charge in [0.1, 0.15) is 0 Å². The third kappa shape index (κ3) is 3.83. The molecule has 20 heavy (non-hydrogen) atoms. The number of hydrogen-bond acceptors (Lipinski definition) is 2. The first-order valence-electron chi connectivity index (χ1n) is 6.98. The minimum Gasteiger partial charge on any atom is -0.208 e. The number of aryl methyl sites for hydroxylation is 1. The lowest BCUT2D eigenvalue weighted by Gasteiger charge is -2.35. The fourth-order valence-corrected chi connectivity index (χ4v) is 5.00. The average Bonchev–Trinajstić information content (AvgIpc) is 2.30. The quantitative estimate of drug-likeness (QED) is 0.886. The highest BCUT2D eigenvalue weighted by Crippen LogP contribution is 2.35. The minimum atomic E-state index is -3.44. The molecule has 0 saturated heterocycles. The maximum atomic E-state index is 12.6. The fraction of sp³-hybridized carbons (Fsp3) is 0.600. The summed E-state index contributed by atoms with van der Waals surface area (Å²) in [6.07, 6.45) is 4.08. The van der Waals surface area contributed by atoms with Gasteiger partial charge in [-0.1, -0.05) is 42.3 Å². The fourth-order valence-electron chi connectivity index (χ4n) is 2.95. The van der Waals surface area contributed by atoms with Gasteiger partial charge in [0.15, 0.2) is 0 Å². The van der Waals surface area contributed by atoms with Crippen LogP contribution in [-0.2, 0) is 10.0 Å². The molecule has 0 amide bonds. The smallest absolute Gasteiger partial charge is 0.208 e. The van der Waals surface area contributed by atoms with E-state index in [1.54, 1.807) is 6.07 Å². The molecule has 0 bridgehead atoms. The van der Waals surface area contributed by atoms with Crippen molar-refractivity contribution in [1.82, 2.24) is 4.72 Å². The summed E-state index contributed by atoms with van der Waals surface area (Å²) in [7, 11) is -3.44. The third-order valence-corrected chi connectivity index (χ3v) is 6.12. The van der Waals surface area contributed by atoms with Gasteiger partial charge in [-0.25, -0.2) is 13.1 Å². The molecule has 0 spiro atoms. The topological polar surface area (TPSA) is 46.2 Å². The first kappa shape index (κ1) is 16.0. The zero-order valence-electron chi connectivity index (χ0n) is 12.2. The van der Waals surface area contributed by atoms with Gasteiger partial charge >= 0.3 is 0 Å². The van der Waals surface area contributed by atoms with E-state index in [1.807, 2.05) is 19.1 Å². The van der Waals surface area contributed by atoms with Gasteiger partial charge < -0.3 is 0 Å². The Morgan fingerprint density at radius 1 is 1.35 bits per heavy atom. The molecule has 1 aromatic rings. The maximum absolute atomic E-state index is 12.6. The lowest BCUT2D eigenvalue weighted by Crippen LogP contribution is -2.40. The molecule has 0 radical (unpaired) electrons. The predicted molar refractivity (Wildman–Crippen MR) is 85.2 cm³/mol. The second-order valence-corrected chi connectivity index (χ2v) is 9.09. The van der Waals surface area contributed by atoms with Crippen LogP contribution in [0.1, 0.15) is 45.1 Å². The van der Waals surface area contributed by atoms with Crippen molar-refractivity contribution in [3.8, 4) is 0 Å². The van der Waals surface area contributed by atoms with Gasteiger partial charge in [-0.3, -0.25) is 0 Å². The van der Waals surface area contributed by atoms with Gasteiger partial charge in [0.2, 0.25) is 10.0 Å². The molecule has 0 aliphatic heterocycles. The molecule has 1 aromatic carbocycles. The van der Waals surface area contributed by atoms with Crippen molar-refractivity contribution >= 4 is 26.0 Å². The Labute approximate surface area is 130 Å². The molecule has 1 unspecified atom stereocenters. The third-order valence-electron chi connectivity index (χ3n) is 3.97. The predicted octanol–water partition coefficient (Wildman–Crippen LogP) is 4.00. The van der Waals surface area contributed by atoms with E-state index in [0.717, 1.165) is 29.3 Å². The highest BCUT2D eigenvalue weighted by molar-refractivity contribution is 9.10. The second kappa shape index (κ2) is 5.78. The van der Waals surface area contributed by atoms with Crippen LogP contribution >= 0.6 is 15.9 Å². The van der Waals surface area contributed by atoms with E-state index in [9.17, 15) is 8.42 Å². The number of sulfonamides is 1. The Hall–Kier alpha value is -0.390. The van der Waals surface area contributed by atoms with Gasteiger partial charge in [-0.15, -0.1) is 0 Å². The van der Waals surface area contributed by atoms with Gasteiger partial charge in [0.05, 0.1) is 4.90 Å². The summed E-state index contributed by atoms with van der Waals surface area (Å²) in [5.74, 6) is 0. The first-order chi connectivity index (χ1) is 9.20. The van der Waals surface area contributed by atoms with Crippen molar-refractivity contribution < 1.29 is 8.42 Å². The molecule has 1 saturated carbocycles. The molecule has 1 N–H and O–H groups in total. The Kier molecular flexibility index (Phi) is 4.62. The molecular weight excluding hydrogens is 338 g/mol. The van der Waals surface area contributed by atoms with Crippen molar-refractivity contribution in [3.05, 3.63) is 28.2 Å². The standard InChI is InChI=1S/C15H22BrNO2S/c1-11-6-7-12(16)9-14(11)20(18,19)17-13-5-4-8-15(2,3)10-13/h6-7,9,13,17H,4-5,8,10H2,1-3H3. The van der Waals surface area contributed by atoms with Gasteiger partial charge in [0.25, 0.3) is 0 Å². The lowest BCUT2D eigenvalue weighted by molar-refractivity contribution is 0.212. The zero-order valence-corrected chi connectivity index (χ0v) is 14.6. The molecule has 0 aromatic heterocycles. The molecule has 1 atom stereocenters. The molecule has 5 heteroatoms. The van der Waals surface area contributed by atoms with Crippen LogP contribution in [0.4, 0.5) is 0 Å². The van der Waals surface area contributed by atoms with Crippen LogP contribution in [-0.4, -0.2) is 14.5 Å². The number of rotatable bonds is 3. The van der Waals surface area contributed by atoms with Crippen molar-refractivity contribution in [2.24, 2.45) is 5.41 Å². The largest absolute Gasteiger partial charge is 0.241 e. The molecule has 1 fully saturated rings. The number of benzene rings is 1. The molecule has 0 heterocycles. The summed E-state index contributed by atoms with van der Waals surface area (Å²) < 4.78 is 28.8. The number of nitrogens with one attached hydrogen (secondary N) is 1. The highest BCUT2D eigenvalue weighted by Gasteiger charge is 2.31. The SMILES string of the molecule is Cc1ccc(Br)cc1S(=O)(=O)NC1CCCC(C)(C)C1. The Balaban J connectivity index is 2.21. The molecule has 3 nitrogen and oxygen atoms in total. The summed E-state index contributed by atoms with van der Waals surface area (Å²) in [6, 6.07) is 5.40.